The third-order valence-electron chi connectivity index (χ3n) is 3.43. The van der Waals surface area contributed by atoms with Crippen molar-refractivity contribution in [2.45, 2.75) is 12.8 Å². The monoisotopic (exact) mass is 320 g/mol. The molecule has 0 bridgehead atoms. The van der Waals surface area contributed by atoms with Gasteiger partial charge in [0.1, 0.15) is 0 Å². The lowest BCUT2D eigenvalue weighted by Crippen LogP contribution is -2.38. The molecule has 9 heteroatoms. The lowest BCUT2D eigenvalue weighted by molar-refractivity contribution is -0.155. The summed E-state index contributed by atoms with van der Waals surface area (Å²) >= 11 is 5.86. The maximum atomic E-state index is 11.2. The molecule has 8 nitrogen and oxygen atoms in total. The molecule has 0 aromatic carbocycles. The zero-order valence-corrected chi connectivity index (χ0v) is 11.4. The highest BCUT2D eigenvalue weighted by molar-refractivity contribution is 6.30. The number of hydrogen-bond acceptors (Lipinski definition) is 4. The van der Waals surface area contributed by atoms with Crippen molar-refractivity contribution in [2.24, 2.45) is 23.7 Å². The van der Waals surface area contributed by atoms with Crippen LogP contribution in [-0.4, -0.2) is 44.3 Å². The fourth-order valence-electron chi connectivity index (χ4n) is 2.39. The molecule has 0 aromatic heterocycles. The molecule has 0 heterocycles. The number of rotatable bonds is 6. The maximum Gasteiger partial charge on any atom is 0.311 e. The fourth-order valence-corrected chi connectivity index (χ4v) is 2.77. The van der Waals surface area contributed by atoms with Crippen molar-refractivity contribution >= 4 is 35.5 Å². The van der Waals surface area contributed by atoms with Crippen molar-refractivity contribution in [3.63, 3.8) is 0 Å². The minimum absolute atomic E-state index is 0.131. The van der Waals surface area contributed by atoms with E-state index in [4.69, 9.17) is 32.0 Å². The zero-order valence-electron chi connectivity index (χ0n) is 10.6. The highest BCUT2D eigenvalue weighted by Crippen LogP contribution is 2.40. The summed E-state index contributed by atoms with van der Waals surface area (Å²) in [5.74, 6) is -10.8. The number of carboxylic acid groups (broad SMARTS) is 4. The molecule has 1 aliphatic rings. The standard InChI is InChI=1S/C12H13ClO8/c13-8-2-6(11(18)19)5(10(16)17)1-4(8)7(12(20)21)3-9(14)15/h2,4-7H,1,3H2,(H,14,15)(H,16,17)(H,18,19)(H,20,21). The minimum Gasteiger partial charge on any atom is -0.481 e. The Morgan fingerprint density at radius 1 is 1.14 bits per heavy atom. The zero-order chi connectivity index (χ0) is 16.3. The van der Waals surface area contributed by atoms with E-state index in [0.717, 1.165) is 6.08 Å². The number of carbonyl (C=O) groups is 4. The van der Waals surface area contributed by atoms with E-state index in [1.54, 1.807) is 0 Å². The lowest BCUT2D eigenvalue weighted by atomic mass is 9.73. The summed E-state index contributed by atoms with van der Waals surface area (Å²) in [6, 6.07) is 0. The molecule has 4 N–H and O–H groups in total. The average Bonchev–Trinajstić information content (AvgIpc) is 2.34. The van der Waals surface area contributed by atoms with Gasteiger partial charge in [-0.15, -0.1) is 0 Å². The molecule has 0 fully saturated rings. The highest BCUT2D eigenvalue weighted by atomic mass is 35.5. The van der Waals surface area contributed by atoms with Crippen LogP contribution in [0.3, 0.4) is 0 Å². The van der Waals surface area contributed by atoms with Crippen LogP contribution in [0, 0.1) is 23.7 Å². The van der Waals surface area contributed by atoms with Gasteiger partial charge in [-0.25, -0.2) is 0 Å². The molecular weight excluding hydrogens is 308 g/mol. The molecule has 116 valence electrons. The second kappa shape index (κ2) is 6.57. The van der Waals surface area contributed by atoms with Gasteiger partial charge >= 0.3 is 23.9 Å². The summed E-state index contributed by atoms with van der Waals surface area (Å²) in [7, 11) is 0. The molecule has 0 aliphatic heterocycles. The predicted octanol–water partition coefficient (Wildman–Crippen LogP) is 0.706. The van der Waals surface area contributed by atoms with Crippen LogP contribution in [0.2, 0.25) is 0 Å². The van der Waals surface area contributed by atoms with E-state index in [1.807, 2.05) is 0 Å². The molecule has 0 saturated heterocycles. The quantitative estimate of drug-likeness (QED) is 0.558. The fraction of sp³-hybridized carbons (Fsp3) is 0.500. The summed E-state index contributed by atoms with van der Waals surface area (Å²) < 4.78 is 0. The van der Waals surface area contributed by atoms with Crippen molar-refractivity contribution in [3.8, 4) is 0 Å². The van der Waals surface area contributed by atoms with E-state index in [2.05, 4.69) is 0 Å². The van der Waals surface area contributed by atoms with Crippen LogP contribution in [0.1, 0.15) is 12.8 Å². The van der Waals surface area contributed by atoms with E-state index < -0.39 is 54.0 Å². The summed E-state index contributed by atoms with van der Waals surface area (Å²) in [4.78, 5) is 44.0. The number of halogens is 1. The summed E-state index contributed by atoms with van der Waals surface area (Å²) in [6.45, 7) is 0. The number of hydrogen-bond donors (Lipinski definition) is 4. The van der Waals surface area contributed by atoms with Crippen LogP contribution in [0.4, 0.5) is 0 Å². The third kappa shape index (κ3) is 3.94. The Bertz CT molecular complexity index is 511. The van der Waals surface area contributed by atoms with Gasteiger partial charge in [0.25, 0.3) is 0 Å². The smallest absolute Gasteiger partial charge is 0.311 e. The largest absolute Gasteiger partial charge is 0.481 e. The van der Waals surface area contributed by atoms with Crippen LogP contribution < -0.4 is 0 Å². The number of allylic oxidation sites excluding steroid dienone is 1. The Labute approximate surface area is 123 Å². The van der Waals surface area contributed by atoms with Gasteiger partial charge in [0.05, 0.1) is 24.2 Å². The molecule has 4 atom stereocenters. The van der Waals surface area contributed by atoms with Crippen LogP contribution >= 0.6 is 11.6 Å². The molecule has 0 spiro atoms. The van der Waals surface area contributed by atoms with Crippen LogP contribution in [0.15, 0.2) is 11.1 Å². The Balaban J connectivity index is 3.16. The third-order valence-corrected chi connectivity index (χ3v) is 3.84. The highest BCUT2D eigenvalue weighted by Gasteiger charge is 2.43. The molecular formula is C12H13ClO8. The normalized spacial score (nSPS) is 26.5. The van der Waals surface area contributed by atoms with E-state index in [9.17, 15) is 19.2 Å². The predicted molar refractivity (Wildman–Crippen MR) is 67.7 cm³/mol. The van der Waals surface area contributed by atoms with Gasteiger partial charge in [0.2, 0.25) is 0 Å². The van der Waals surface area contributed by atoms with Crippen LogP contribution in [0.25, 0.3) is 0 Å². The second-order valence-corrected chi connectivity index (χ2v) is 5.18. The SMILES string of the molecule is O=C(O)CC(C(=O)O)C1CC(C(=O)O)C(C(=O)O)C=C1Cl. The molecule has 4 unspecified atom stereocenters. The second-order valence-electron chi connectivity index (χ2n) is 4.75. The molecule has 1 aliphatic carbocycles. The number of aliphatic carboxylic acids is 4. The van der Waals surface area contributed by atoms with Crippen molar-refractivity contribution < 1.29 is 39.6 Å². The first kappa shape index (κ1) is 17.0. The first-order valence-electron chi connectivity index (χ1n) is 5.92. The van der Waals surface area contributed by atoms with Gasteiger partial charge < -0.3 is 20.4 Å². The minimum atomic E-state index is -1.42. The average molecular weight is 321 g/mol. The van der Waals surface area contributed by atoms with Crippen molar-refractivity contribution in [3.05, 3.63) is 11.1 Å². The van der Waals surface area contributed by atoms with E-state index in [0.29, 0.717) is 0 Å². The summed E-state index contributed by atoms with van der Waals surface area (Å²) in [5, 5.41) is 35.7. The Morgan fingerprint density at radius 3 is 2.10 bits per heavy atom. The van der Waals surface area contributed by atoms with Gasteiger partial charge in [-0.2, -0.15) is 0 Å². The van der Waals surface area contributed by atoms with Gasteiger partial charge in [0, 0.05) is 11.0 Å². The van der Waals surface area contributed by atoms with Crippen molar-refractivity contribution in [1.82, 2.24) is 0 Å². The van der Waals surface area contributed by atoms with E-state index in [-0.39, 0.29) is 11.5 Å². The molecule has 0 radical (unpaired) electrons. The molecule has 0 aromatic rings. The first-order chi connectivity index (χ1) is 9.65. The van der Waals surface area contributed by atoms with Crippen LogP contribution in [0.5, 0.6) is 0 Å². The molecule has 0 amide bonds. The maximum absolute atomic E-state index is 11.2. The van der Waals surface area contributed by atoms with E-state index in [1.165, 1.54) is 0 Å². The van der Waals surface area contributed by atoms with Gasteiger partial charge in [0.15, 0.2) is 0 Å². The molecule has 21 heavy (non-hydrogen) atoms. The topological polar surface area (TPSA) is 149 Å². The van der Waals surface area contributed by atoms with Crippen molar-refractivity contribution in [2.75, 3.05) is 0 Å². The summed E-state index contributed by atoms with van der Waals surface area (Å²) in [6.07, 6.45) is -0.0886. The van der Waals surface area contributed by atoms with Crippen LogP contribution in [-0.2, 0) is 19.2 Å². The lowest BCUT2D eigenvalue weighted by Gasteiger charge is -2.31. The van der Waals surface area contributed by atoms with E-state index >= 15 is 0 Å². The Hall–Kier alpha value is -2.09. The van der Waals surface area contributed by atoms with Crippen molar-refractivity contribution in [1.29, 1.82) is 0 Å². The number of carboxylic acids is 4. The molecule has 1 rings (SSSR count). The van der Waals surface area contributed by atoms with Gasteiger partial charge in [-0.3, -0.25) is 19.2 Å². The molecule has 0 saturated carbocycles. The first-order valence-corrected chi connectivity index (χ1v) is 6.30. The van der Waals surface area contributed by atoms with Gasteiger partial charge in [-0.05, 0) is 6.42 Å². The summed E-state index contributed by atoms with van der Waals surface area (Å²) in [5.41, 5.74) is 0. The Kier molecular flexibility index (Phi) is 5.31. The van der Waals surface area contributed by atoms with Gasteiger partial charge in [-0.1, -0.05) is 17.7 Å². The Morgan fingerprint density at radius 2 is 1.71 bits per heavy atom.